The molecule has 0 aromatic heterocycles. The van der Waals surface area contributed by atoms with Gasteiger partial charge in [0.15, 0.2) is 0 Å². The molecular formula is C19H18O2. The van der Waals surface area contributed by atoms with Crippen molar-refractivity contribution in [1.82, 2.24) is 0 Å². The fraction of sp³-hybridized carbons (Fsp3) is 0.0526. The highest BCUT2D eigenvalue weighted by Crippen LogP contribution is 2.34. The summed E-state index contributed by atoms with van der Waals surface area (Å²) in [4.78, 5) is 0. The van der Waals surface area contributed by atoms with Gasteiger partial charge in [0.2, 0.25) is 0 Å². The maximum Gasteiger partial charge on any atom is 0.123 e. The molecule has 0 aliphatic heterocycles. The lowest BCUT2D eigenvalue weighted by Crippen LogP contribution is -1.79. The van der Waals surface area contributed by atoms with Gasteiger partial charge in [-0.3, -0.25) is 0 Å². The molecule has 0 bridgehead atoms. The molecule has 0 unspecified atom stereocenters. The van der Waals surface area contributed by atoms with Crippen molar-refractivity contribution in [2.24, 2.45) is 0 Å². The average molecular weight is 278 g/mol. The van der Waals surface area contributed by atoms with Gasteiger partial charge in [-0.1, -0.05) is 72.3 Å². The number of phenolic OH excluding ortho intramolecular Hbond substituents is 2. The van der Waals surface area contributed by atoms with Gasteiger partial charge in [-0.05, 0) is 19.1 Å². The zero-order valence-electron chi connectivity index (χ0n) is 11.9. The highest BCUT2D eigenvalue weighted by atomic mass is 16.3. The van der Waals surface area contributed by atoms with Crippen LogP contribution < -0.4 is 0 Å². The molecule has 0 radical (unpaired) electrons. The molecule has 0 saturated carbocycles. The maximum atomic E-state index is 9.58. The largest absolute Gasteiger partial charge is 0.507 e. The zero-order chi connectivity index (χ0) is 15.1. The Labute approximate surface area is 125 Å². The van der Waals surface area contributed by atoms with Crippen LogP contribution in [-0.2, 0) is 0 Å². The zero-order valence-corrected chi connectivity index (χ0v) is 11.9. The Morgan fingerprint density at radius 1 is 0.524 bits per heavy atom. The first-order valence-electron chi connectivity index (χ1n) is 6.76. The smallest absolute Gasteiger partial charge is 0.123 e. The van der Waals surface area contributed by atoms with E-state index in [-0.39, 0.29) is 11.5 Å². The lowest BCUT2D eigenvalue weighted by molar-refractivity contribution is 0.469. The predicted octanol–water partition coefficient (Wildman–Crippen LogP) is 4.76. The SMILES string of the molecule is Cc1ccccc1.Oc1ccccc1-c1ccccc1O. The summed E-state index contributed by atoms with van der Waals surface area (Å²) in [5, 5.41) is 19.2. The molecule has 0 saturated heterocycles. The van der Waals surface area contributed by atoms with Crippen molar-refractivity contribution in [3.05, 3.63) is 84.4 Å². The van der Waals surface area contributed by atoms with E-state index in [2.05, 4.69) is 19.1 Å². The van der Waals surface area contributed by atoms with Crippen LogP contribution in [0.5, 0.6) is 11.5 Å². The molecule has 0 amide bonds. The summed E-state index contributed by atoms with van der Waals surface area (Å²) in [6.07, 6.45) is 0. The Bertz CT molecular complexity index is 647. The van der Waals surface area contributed by atoms with Gasteiger partial charge in [0.1, 0.15) is 11.5 Å². The van der Waals surface area contributed by atoms with Crippen LogP contribution in [0.3, 0.4) is 0 Å². The number of aromatic hydroxyl groups is 2. The molecule has 21 heavy (non-hydrogen) atoms. The molecule has 3 aromatic carbocycles. The number of benzene rings is 3. The summed E-state index contributed by atoms with van der Waals surface area (Å²) in [6, 6.07) is 24.1. The molecule has 3 aromatic rings. The molecule has 0 atom stereocenters. The molecule has 2 N–H and O–H groups in total. The number of aryl methyl sites for hydroxylation is 1. The number of hydrogen-bond donors (Lipinski definition) is 2. The summed E-state index contributed by atoms with van der Waals surface area (Å²) < 4.78 is 0. The number of para-hydroxylation sites is 2. The fourth-order valence-corrected chi connectivity index (χ4v) is 1.94. The van der Waals surface area contributed by atoms with Crippen molar-refractivity contribution in [3.63, 3.8) is 0 Å². The predicted molar refractivity (Wildman–Crippen MR) is 86.4 cm³/mol. The van der Waals surface area contributed by atoms with E-state index in [0.717, 1.165) is 0 Å². The van der Waals surface area contributed by atoms with E-state index in [1.807, 2.05) is 30.3 Å². The Kier molecular flexibility index (Phi) is 4.99. The van der Waals surface area contributed by atoms with Gasteiger partial charge in [0, 0.05) is 11.1 Å². The quantitative estimate of drug-likeness (QED) is 0.673. The Morgan fingerprint density at radius 2 is 0.905 bits per heavy atom. The number of hydrogen-bond acceptors (Lipinski definition) is 2. The van der Waals surface area contributed by atoms with Crippen molar-refractivity contribution in [2.75, 3.05) is 0 Å². The third kappa shape index (κ3) is 4.11. The van der Waals surface area contributed by atoms with Gasteiger partial charge < -0.3 is 10.2 Å². The Morgan fingerprint density at radius 3 is 1.24 bits per heavy atom. The molecule has 0 fully saturated rings. The highest BCUT2D eigenvalue weighted by molar-refractivity contribution is 5.74. The average Bonchev–Trinajstić information content (AvgIpc) is 2.50. The number of rotatable bonds is 1. The van der Waals surface area contributed by atoms with Crippen LogP contribution in [0.4, 0.5) is 0 Å². The van der Waals surface area contributed by atoms with Crippen LogP contribution >= 0.6 is 0 Å². The van der Waals surface area contributed by atoms with E-state index in [9.17, 15) is 10.2 Å². The van der Waals surface area contributed by atoms with Crippen LogP contribution in [-0.4, -0.2) is 10.2 Å². The van der Waals surface area contributed by atoms with Crippen LogP contribution in [0.2, 0.25) is 0 Å². The lowest BCUT2D eigenvalue weighted by Gasteiger charge is -2.05. The first kappa shape index (κ1) is 14.7. The van der Waals surface area contributed by atoms with E-state index in [1.54, 1.807) is 36.4 Å². The Balaban J connectivity index is 0.000000194. The van der Waals surface area contributed by atoms with Crippen molar-refractivity contribution in [2.45, 2.75) is 6.92 Å². The van der Waals surface area contributed by atoms with Gasteiger partial charge in [-0.25, -0.2) is 0 Å². The molecule has 2 nitrogen and oxygen atoms in total. The molecule has 0 spiro atoms. The molecule has 3 rings (SSSR count). The van der Waals surface area contributed by atoms with Gasteiger partial charge in [0.05, 0.1) is 0 Å². The van der Waals surface area contributed by atoms with E-state index < -0.39 is 0 Å². The minimum atomic E-state index is 0.175. The fourth-order valence-electron chi connectivity index (χ4n) is 1.94. The minimum Gasteiger partial charge on any atom is -0.507 e. The minimum absolute atomic E-state index is 0.175. The van der Waals surface area contributed by atoms with Crippen LogP contribution in [0.1, 0.15) is 5.56 Å². The third-order valence-corrected chi connectivity index (χ3v) is 3.04. The normalized spacial score (nSPS) is 9.57. The van der Waals surface area contributed by atoms with Gasteiger partial charge in [-0.15, -0.1) is 0 Å². The van der Waals surface area contributed by atoms with Crippen molar-refractivity contribution in [1.29, 1.82) is 0 Å². The van der Waals surface area contributed by atoms with E-state index in [4.69, 9.17) is 0 Å². The van der Waals surface area contributed by atoms with Gasteiger partial charge in [-0.2, -0.15) is 0 Å². The summed E-state index contributed by atoms with van der Waals surface area (Å²) in [5.41, 5.74) is 2.61. The summed E-state index contributed by atoms with van der Waals surface area (Å²) in [5.74, 6) is 0.350. The topological polar surface area (TPSA) is 40.5 Å². The second-order valence-corrected chi connectivity index (χ2v) is 4.69. The van der Waals surface area contributed by atoms with E-state index in [1.165, 1.54) is 5.56 Å². The van der Waals surface area contributed by atoms with Crippen molar-refractivity contribution < 1.29 is 10.2 Å². The summed E-state index contributed by atoms with van der Waals surface area (Å²) in [7, 11) is 0. The first-order valence-corrected chi connectivity index (χ1v) is 6.76. The maximum absolute atomic E-state index is 9.58. The van der Waals surface area contributed by atoms with Gasteiger partial charge in [0.25, 0.3) is 0 Å². The van der Waals surface area contributed by atoms with Gasteiger partial charge >= 0.3 is 0 Å². The van der Waals surface area contributed by atoms with E-state index >= 15 is 0 Å². The van der Waals surface area contributed by atoms with E-state index in [0.29, 0.717) is 11.1 Å². The lowest BCUT2D eigenvalue weighted by atomic mass is 10.0. The van der Waals surface area contributed by atoms with Crippen LogP contribution in [0.15, 0.2) is 78.9 Å². The summed E-state index contributed by atoms with van der Waals surface area (Å²) >= 11 is 0. The third-order valence-electron chi connectivity index (χ3n) is 3.04. The second kappa shape index (κ2) is 7.15. The van der Waals surface area contributed by atoms with Crippen molar-refractivity contribution in [3.8, 4) is 22.6 Å². The summed E-state index contributed by atoms with van der Waals surface area (Å²) in [6.45, 7) is 2.08. The number of phenols is 2. The molecular weight excluding hydrogens is 260 g/mol. The highest BCUT2D eigenvalue weighted by Gasteiger charge is 2.06. The second-order valence-electron chi connectivity index (χ2n) is 4.69. The Hall–Kier alpha value is -2.74. The van der Waals surface area contributed by atoms with Crippen molar-refractivity contribution >= 4 is 0 Å². The van der Waals surface area contributed by atoms with Crippen LogP contribution in [0.25, 0.3) is 11.1 Å². The monoisotopic (exact) mass is 278 g/mol. The first-order chi connectivity index (χ1) is 10.2. The molecule has 0 aliphatic carbocycles. The standard InChI is InChI=1S/C12H10O2.C7H8/c13-11-7-3-1-5-9(11)10-6-2-4-8-12(10)14;1-7-5-3-2-4-6-7/h1-8,13-14H;2-6H,1H3. The molecule has 2 heteroatoms. The van der Waals surface area contributed by atoms with Crippen LogP contribution in [0, 0.1) is 6.92 Å². The molecule has 0 aliphatic rings. The molecule has 0 heterocycles. The molecule has 106 valence electrons.